The standard InChI is InChI=1S/C26H17Cl3F2N6O2/c1-12-33-11-37(36-12)15-8-18(28)21(19(29)9-15)25(38)32-10-16(13-3-2-4-14(30)7-13)24-34-23-20(31)6-5-17(27)22(23)26(39)35-24/h2-9,11,16H,10H2,1H3,(H,32,38)(H,34,35,39)/t16-/m0/s1. The van der Waals surface area contributed by atoms with Crippen molar-refractivity contribution in [3.63, 3.8) is 0 Å². The fraction of sp³-hybridized carbons (Fsp3) is 0.115. The zero-order chi connectivity index (χ0) is 27.8. The maximum absolute atomic E-state index is 14.6. The summed E-state index contributed by atoms with van der Waals surface area (Å²) in [4.78, 5) is 36.9. The third-order valence-corrected chi connectivity index (χ3v) is 6.86. The number of aryl methyl sites for hydroxylation is 1. The summed E-state index contributed by atoms with van der Waals surface area (Å²) in [5, 5.41) is 6.92. The zero-order valence-corrected chi connectivity index (χ0v) is 22.2. The Morgan fingerprint density at radius 2 is 1.82 bits per heavy atom. The Kier molecular flexibility index (Phi) is 7.35. The topological polar surface area (TPSA) is 106 Å². The molecule has 2 aromatic heterocycles. The molecule has 5 rings (SSSR count). The molecule has 0 radical (unpaired) electrons. The lowest BCUT2D eigenvalue weighted by molar-refractivity contribution is 0.0952. The van der Waals surface area contributed by atoms with Gasteiger partial charge in [-0.1, -0.05) is 46.9 Å². The van der Waals surface area contributed by atoms with Crippen LogP contribution in [-0.4, -0.2) is 37.2 Å². The van der Waals surface area contributed by atoms with E-state index in [-0.39, 0.29) is 43.9 Å². The second kappa shape index (κ2) is 10.7. The fourth-order valence-electron chi connectivity index (χ4n) is 4.12. The molecule has 3 aromatic carbocycles. The van der Waals surface area contributed by atoms with E-state index in [4.69, 9.17) is 34.8 Å². The van der Waals surface area contributed by atoms with Gasteiger partial charge in [0.1, 0.15) is 35.1 Å². The average Bonchev–Trinajstić information content (AvgIpc) is 3.32. The Bertz CT molecular complexity index is 1780. The summed E-state index contributed by atoms with van der Waals surface area (Å²) in [6.07, 6.45) is 1.48. The van der Waals surface area contributed by atoms with E-state index in [2.05, 4.69) is 25.4 Å². The van der Waals surface area contributed by atoms with Gasteiger partial charge in [0.25, 0.3) is 11.5 Å². The molecule has 0 fully saturated rings. The van der Waals surface area contributed by atoms with Crippen molar-refractivity contribution in [2.24, 2.45) is 0 Å². The van der Waals surface area contributed by atoms with Crippen LogP contribution in [0.1, 0.15) is 33.5 Å². The smallest absolute Gasteiger partial charge is 0.260 e. The summed E-state index contributed by atoms with van der Waals surface area (Å²) in [5.74, 6) is -2.29. The van der Waals surface area contributed by atoms with Gasteiger partial charge in [0.15, 0.2) is 0 Å². The quantitative estimate of drug-likeness (QED) is 0.268. The lowest BCUT2D eigenvalue weighted by Crippen LogP contribution is -2.31. The van der Waals surface area contributed by atoms with Crippen molar-refractivity contribution in [3.8, 4) is 5.69 Å². The second-order valence-corrected chi connectivity index (χ2v) is 9.76. The van der Waals surface area contributed by atoms with E-state index >= 15 is 0 Å². The molecule has 2 N–H and O–H groups in total. The molecule has 198 valence electrons. The van der Waals surface area contributed by atoms with E-state index in [9.17, 15) is 18.4 Å². The van der Waals surface area contributed by atoms with Crippen LogP contribution in [0, 0.1) is 18.6 Å². The maximum Gasteiger partial charge on any atom is 0.260 e. The zero-order valence-electron chi connectivity index (χ0n) is 20.0. The monoisotopic (exact) mass is 588 g/mol. The number of fused-ring (bicyclic) bond motifs is 1. The third kappa shape index (κ3) is 5.36. The number of carbonyl (C=O) groups excluding carboxylic acids is 1. The lowest BCUT2D eigenvalue weighted by atomic mass is 9.97. The Labute approximate surface area is 234 Å². The molecule has 1 atom stereocenters. The Balaban J connectivity index is 1.50. The SMILES string of the molecule is Cc1ncn(-c2cc(Cl)c(C(=O)NC[C@@H](c3cccc(F)c3)c3nc4c(F)ccc(Cl)c4c(=O)[nH]3)c(Cl)c2)n1. The number of rotatable bonds is 6. The van der Waals surface area contributed by atoms with Crippen molar-refractivity contribution in [3.05, 3.63) is 115 Å². The number of amides is 1. The highest BCUT2D eigenvalue weighted by molar-refractivity contribution is 6.40. The summed E-state index contributed by atoms with van der Waals surface area (Å²) >= 11 is 18.9. The molecule has 8 nitrogen and oxygen atoms in total. The molecule has 0 aliphatic rings. The van der Waals surface area contributed by atoms with Gasteiger partial charge in [-0.25, -0.2) is 23.4 Å². The molecular formula is C26H17Cl3F2N6O2. The first-order chi connectivity index (χ1) is 18.6. The van der Waals surface area contributed by atoms with Crippen LogP contribution in [0.5, 0.6) is 0 Å². The van der Waals surface area contributed by atoms with Crippen molar-refractivity contribution in [2.45, 2.75) is 12.8 Å². The summed E-state index contributed by atoms with van der Waals surface area (Å²) in [6.45, 7) is 1.55. The number of hydrogen-bond donors (Lipinski definition) is 2. The van der Waals surface area contributed by atoms with Crippen LogP contribution in [0.2, 0.25) is 15.1 Å². The second-order valence-electron chi connectivity index (χ2n) is 8.54. The molecular weight excluding hydrogens is 573 g/mol. The molecule has 0 aliphatic heterocycles. The van der Waals surface area contributed by atoms with E-state index in [1.165, 1.54) is 47.4 Å². The van der Waals surface area contributed by atoms with Gasteiger partial charge in [-0.3, -0.25) is 9.59 Å². The van der Waals surface area contributed by atoms with Crippen molar-refractivity contribution < 1.29 is 13.6 Å². The Morgan fingerprint density at radius 1 is 1.08 bits per heavy atom. The van der Waals surface area contributed by atoms with Gasteiger partial charge in [0.2, 0.25) is 0 Å². The minimum absolute atomic E-state index is 0.00490. The summed E-state index contributed by atoms with van der Waals surface area (Å²) in [6, 6.07) is 10.9. The molecule has 2 heterocycles. The molecule has 0 bridgehead atoms. The molecule has 0 spiro atoms. The lowest BCUT2D eigenvalue weighted by Gasteiger charge is -2.19. The van der Waals surface area contributed by atoms with Gasteiger partial charge < -0.3 is 10.3 Å². The van der Waals surface area contributed by atoms with Crippen LogP contribution in [0.15, 0.2) is 59.7 Å². The number of nitrogens with one attached hydrogen (secondary N) is 2. The van der Waals surface area contributed by atoms with Crippen molar-refractivity contribution in [2.75, 3.05) is 6.54 Å². The van der Waals surface area contributed by atoms with E-state index in [1.807, 2.05) is 0 Å². The predicted octanol–water partition coefficient (Wildman–Crippen LogP) is 5.61. The third-order valence-electron chi connectivity index (χ3n) is 5.95. The van der Waals surface area contributed by atoms with Gasteiger partial charge in [-0.2, -0.15) is 5.10 Å². The average molecular weight is 590 g/mol. The van der Waals surface area contributed by atoms with Crippen LogP contribution in [0.3, 0.4) is 0 Å². The number of benzene rings is 3. The number of halogens is 5. The van der Waals surface area contributed by atoms with Gasteiger partial charge in [0.05, 0.1) is 37.6 Å². The number of H-pyrrole nitrogens is 1. The van der Waals surface area contributed by atoms with Crippen LogP contribution in [0.4, 0.5) is 8.78 Å². The van der Waals surface area contributed by atoms with Crippen LogP contribution in [-0.2, 0) is 0 Å². The molecule has 0 saturated carbocycles. The molecule has 39 heavy (non-hydrogen) atoms. The van der Waals surface area contributed by atoms with E-state index < -0.39 is 29.0 Å². The molecule has 5 aromatic rings. The van der Waals surface area contributed by atoms with E-state index in [1.54, 1.807) is 13.0 Å². The largest absolute Gasteiger partial charge is 0.351 e. The number of aromatic amines is 1. The van der Waals surface area contributed by atoms with Crippen molar-refractivity contribution >= 4 is 51.6 Å². The Hall–Kier alpha value is -3.86. The van der Waals surface area contributed by atoms with Crippen molar-refractivity contribution in [1.29, 1.82) is 0 Å². The molecule has 0 unspecified atom stereocenters. The molecule has 1 amide bonds. The minimum atomic E-state index is -0.880. The maximum atomic E-state index is 14.6. The van der Waals surface area contributed by atoms with Crippen LogP contribution >= 0.6 is 34.8 Å². The first-order valence-corrected chi connectivity index (χ1v) is 12.5. The number of hydrogen-bond acceptors (Lipinski definition) is 5. The number of carbonyl (C=O) groups is 1. The van der Waals surface area contributed by atoms with Gasteiger partial charge in [-0.05, 0) is 48.9 Å². The molecule has 0 aliphatic carbocycles. The molecule has 13 heteroatoms. The highest BCUT2D eigenvalue weighted by Gasteiger charge is 2.24. The summed E-state index contributed by atoms with van der Waals surface area (Å²) in [5.41, 5.74) is -0.0706. The summed E-state index contributed by atoms with van der Waals surface area (Å²) in [7, 11) is 0. The Morgan fingerprint density at radius 3 is 2.49 bits per heavy atom. The van der Waals surface area contributed by atoms with Gasteiger partial charge >= 0.3 is 0 Å². The van der Waals surface area contributed by atoms with Crippen LogP contribution in [0.25, 0.3) is 16.6 Å². The van der Waals surface area contributed by atoms with Gasteiger partial charge in [-0.15, -0.1) is 0 Å². The highest BCUT2D eigenvalue weighted by Crippen LogP contribution is 2.30. The highest BCUT2D eigenvalue weighted by atomic mass is 35.5. The van der Waals surface area contributed by atoms with E-state index in [0.29, 0.717) is 17.1 Å². The number of aromatic nitrogens is 5. The molecule has 0 saturated heterocycles. The first kappa shape index (κ1) is 26.7. The normalized spacial score (nSPS) is 12.1. The fourth-order valence-corrected chi connectivity index (χ4v) is 5.00. The van der Waals surface area contributed by atoms with Crippen LogP contribution < -0.4 is 10.9 Å². The predicted molar refractivity (Wildman–Crippen MR) is 144 cm³/mol. The van der Waals surface area contributed by atoms with E-state index in [0.717, 1.165) is 6.07 Å². The van der Waals surface area contributed by atoms with Gasteiger partial charge in [0, 0.05) is 6.54 Å². The van der Waals surface area contributed by atoms with Crippen molar-refractivity contribution in [1.82, 2.24) is 30.0 Å². The first-order valence-electron chi connectivity index (χ1n) is 11.4. The summed E-state index contributed by atoms with van der Waals surface area (Å²) < 4.78 is 30.2. The number of nitrogens with zero attached hydrogens (tertiary/aromatic N) is 4. The minimum Gasteiger partial charge on any atom is -0.351 e.